The molecule has 7 nitrogen and oxygen atoms in total. The normalized spacial score (nSPS) is 21.1. The molecule has 28 heavy (non-hydrogen) atoms. The SMILES string of the molecule is CCOC(=O)C(N)=NN1C(=O)C(O[Si](C)(C)C(C)(C)C)CC1c1ccccc1. The van der Waals surface area contributed by atoms with Crippen LogP contribution in [-0.2, 0) is 18.8 Å². The van der Waals surface area contributed by atoms with Crippen LogP contribution in [0.4, 0.5) is 0 Å². The molecule has 8 heteroatoms. The Morgan fingerprint density at radius 2 is 1.89 bits per heavy atom. The third kappa shape index (κ3) is 4.80. The molecule has 2 unspecified atom stereocenters. The van der Waals surface area contributed by atoms with Crippen molar-refractivity contribution in [2.24, 2.45) is 10.8 Å². The van der Waals surface area contributed by atoms with E-state index < -0.39 is 20.4 Å². The van der Waals surface area contributed by atoms with Crippen LogP contribution in [0.15, 0.2) is 35.4 Å². The fraction of sp³-hybridized carbons (Fsp3) is 0.550. The van der Waals surface area contributed by atoms with Crippen LogP contribution in [-0.4, -0.2) is 43.7 Å². The number of hydrogen-bond acceptors (Lipinski definition) is 5. The van der Waals surface area contributed by atoms with Crippen molar-refractivity contribution in [3.8, 4) is 0 Å². The third-order valence-corrected chi connectivity index (χ3v) is 9.85. The lowest BCUT2D eigenvalue weighted by atomic mass is 10.0. The van der Waals surface area contributed by atoms with Crippen LogP contribution in [0.1, 0.15) is 45.7 Å². The van der Waals surface area contributed by atoms with E-state index in [-0.39, 0.29) is 29.4 Å². The van der Waals surface area contributed by atoms with Crippen LogP contribution >= 0.6 is 0 Å². The fourth-order valence-corrected chi connectivity index (χ4v) is 4.03. The minimum atomic E-state index is -2.17. The molecule has 1 saturated heterocycles. The van der Waals surface area contributed by atoms with Gasteiger partial charge in [-0.15, -0.1) is 5.10 Å². The lowest BCUT2D eigenvalue weighted by Gasteiger charge is -2.37. The first-order valence-electron chi connectivity index (χ1n) is 9.55. The first kappa shape index (κ1) is 22.1. The Balaban J connectivity index is 2.35. The zero-order valence-electron chi connectivity index (χ0n) is 17.6. The Morgan fingerprint density at radius 3 is 2.43 bits per heavy atom. The number of hydrogen-bond donors (Lipinski definition) is 1. The number of hydrazone groups is 1. The number of carbonyl (C=O) groups is 2. The summed E-state index contributed by atoms with van der Waals surface area (Å²) in [6.07, 6.45) is -0.167. The maximum absolute atomic E-state index is 13.1. The second kappa shape index (κ2) is 8.44. The zero-order valence-corrected chi connectivity index (χ0v) is 18.6. The van der Waals surface area contributed by atoms with Crippen molar-refractivity contribution in [2.75, 3.05) is 6.61 Å². The van der Waals surface area contributed by atoms with Crippen molar-refractivity contribution in [2.45, 2.75) is 64.4 Å². The second-order valence-electron chi connectivity index (χ2n) is 8.42. The van der Waals surface area contributed by atoms with Crippen LogP contribution in [0.25, 0.3) is 0 Å². The largest absolute Gasteiger partial charge is 0.460 e. The molecule has 1 aromatic rings. The summed E-state index contributed by atoms with van der Waals surface area (Å²) in [5.41, 5.74) is 6.69. The van der Waals surface area contributed by atoms with E-state index in [2.05, 4.69) is 39.0 Å². The highest BCUT2D eigenvalue weighted by Gasteiger charge is 2.47. The topological polar surface area (TPSA) is 94.2 Å². The lowest BCUT2D eigenvalue weighted by Crippen LogP contribution is -2.46. The van der Waals surface area contributed by atoms with Crippen LogP contribution in [0.2, 0.25) is 18.1 Å². The van der Waals surface area contributed by atoms with Gasteiger partial charge in [0.25, 0.3) is 5.91 Å². The standard InChI is InChI=1S/C20H31N3O4Si/c1-7-26-19(25)17(21)22-23-15(14-11-9-8-10-12-14)13-16(18(23)24)27-28(5,6)20(2,3)4/h8-12,15-16H,7,13H2,1-6H3,(H2,21,22). The Hall–Kier alpha value is -2.19. The minimum absolute atomic E-state index is 0.0316. The predicted molar refractivity (Wildman–Crippen MR) is 111 cm³/mol. The number of ether oxygens (including phenoxy) is 1. The monoisotopic (exact) mass is 405 g/mol. The molecule has 0 radical (unpaired) electrons. The highest BCUT2D eigenvalue weighted by atomic mass is 28.4. The average Bonchev–Trinajstić information content (AvgIpc) is 2.90. The van der Waals surface area contributed by atoms with Gasteiger partial charge in [0.2, 0.25) is 5.84 Å². The Morgan fingerprint density at radius 1 is 1.29 bits per heavy atom. The quantitative estimate of drug-likeness (QED) is 0.351. The van der Waals surface area contributed by atoms with Crippen molar-refractivity contribution in [1.82, 2.24) is 5.01 Å². The third-order valence-electron chi connectivity index (χ3n) is 5.36. The molecule has 0 spiro atoms. The lowest BCUT2D eigenvalue weighted by molar-refractivity contribution is -0.135. The number of esters is 1. The maximum atomic E-state index is 13.1. The first-order chi connectivity index (χ1) is 13.0. The molecule has 1 aliphatic heterocycles. The molecule has 1 amide bonds. The van der Waals surface area contributed by atoms with Gasteiger partial charge in [0.05, 0.1) is 12.6 Å². The highest BCUT2D eigenvalue weighted by molar-refractivity contribution is 6.74. The number of nitrogens with zero attached hydrogens (tertiary/aromatic N) is 2. The molecule has 2 atom stereocenters. The van der Waals surface area contributed by atoms with E-state index in [9.17, 15) is 9.59 Å². The van der Waals surface area contributed by atoms with Gasteiger partial charge >= 0.3 is 5.97 Å². The zero-order chi connectivity index (χ0) is 21.1. The van der Waals surface area contributed by atoms with E-state index in [0.717, 1.165) is 5.56 Å². The number of nitrogens with two attached hydrogens (primary N) is 1. The van der Waals surface area contributed by atoms with Crippen molar-refractivity contribution in [1.29, 1.82) is 0 Å². The van der Waals surface area contributed by atoms with Gasteiger partial charge in [-0.1, -0.05) is 51.1 Å². The van der Waals surface area contributed by atoms with Gasteiger partial charge in [-0.2, -0.15) is 0 Å². The van der Waals surface area contributed by atoms with E-state index >= 15 is 0 Å². The van der Waals surface area contributed by atoms with E-state index in [1.807, 2.05) is 30.3 Å². The molecule has 0 saturated carbocycles. The minimum Gasteiger partial charge on any atom is -0.460 e. The summed E-state index contributed by atoms with van der Waals surface area (Å²) in [5.74, 6) is -1.37. The summed E-state index contributed by atoms with van der Waals surface area (Å²) < 4.78 is 11.3. The van der Waals surface area contributed by atoms with E-state index in [4.69, 9.17) is 14.9 Å². The predicted octanol–water partition coefficient (Wildman–Crippen LogP) is 3.19. The number of amidine groups is 1. The van der Waals surface area contributed by atoms with E-state index in [1.54, 1.807) is 6.92 Å². The molecular weight excluding hydrogens is 374 g/mol. The molecule has 1 fully saturated rings. The van der Waals surface area contributed by atoms with Crippen LogP contribution in [0.5, 0.6) is 0 Å². The number of carbonyl (C=O) groups excluding carboxylic acids is 2. The molecule has 1 aromatic carbocycles. The van der Waals surface area contributed by atoms with Crippen molar-refractivity contribution >= 4 is 26.0 Å². The average molecular weight is 406 g/mol. The molecular formula is C20H31N3O4Si. The number of rotatable bonds is 5. The van der Waals surface area contributed by atoms with Gasteiger partial charge in [-0.3, -0.25) is 4.79 Å². The smallest absolute Gasteiger partial charge is 0.375 e. The van der Waals surface area contributed by atoms with Crippen molar-refractivity contribution in [3.63, 3.8) is 0 Å². The molecule has 1 aliphatic rings. The summed E-state index contributed by atoms with van der Waals surface area (Å²) in [4.78, 5) is 25.0. The van der Waals surface area contributed by atoms with Crippen molar-refractivity contribution < 1.29 is 18.8 Å². The summed E-state index contributed by atoms with van der Waals surface area (Å²) in [5, 5.41) is 5.36. The Labute approximate surface area is 168 Å². The van der Waals surface area contributed by atoms with Gasteiger partial charge in [0.15, 0.2) is 8.32 Å². The molecule has 154 valence electrons. The molecule has 1 heterocycles. The summed E-state index contributed by atoms with van der Waals surface area (Å²) in [7, 11) is -2.17. The van der Waals surface area contributed by atoms with Gasteiger partial charge in [0.1, 0.15) is 6.10 Å². The second-order valence-corrected chi connectivity index (χ2v) is 13.2. The fourth-order valence-electron chi connectivity index (χ4n) is 2.77. The Kier molecular flexibility index (Phi) is 6.66. The van der Waals surface area contributed by atoms with Crippen LogP contribution < -0.4 is 5.73 Å². The molecule has 2 N–H and O–H groups in total. The maximum Gasteiger partial charge on any atom is 0.375 e. The van der Waals surface area contributed by atoms with Gasteiger partial charge < -0.3 is 14.9 Å². The number of benzene rings is 1. The van der Waals surface area contributed by atoms with E-state index in [1.165, 1.54) is 5.01 Å². The Bertz CT molecular complexity index is 744. The van der Waals surface area contributed by atoms with E-state index in [0.29, 0.717) is 6.42 Å². The summed E-state index contributed by atoms with van der Waals surface area (Å²) in [6, 6.07) is 9.21. The highest BCUT2D eigenvalue weighted by Crippen LogP contribution is 2.41. The molecule has 0 aromatic heterocycles. The van der Waals surface area contributed by atoms with Crippen LogP contribution in [0.3, 0.4) is 0 Å². The molecule has 0 bridgehead atoms. The summed E-state index contributed by atoms with van der Waals surface area (Å²) in [6.45, 7) is 12.5. The van der Waals surface area contributed by atoms with Crippen LogP contribution in [0, 0.1) is 0 Å². The van der Waals surface area contributed by atoms with Gasteiger partial charge in [0, 0.05) is 6.42 Å². The van der Waals surface area contributed by atoms with Gasteiger partial charge in [-0.05, 0) is 30.6 Å². The number of amides is 1. The summed E-state index contributed by atoms with van der Waals surface area (Å²) >= 11 is 0. The van der Waals surface area contributed by atoms with Gasteiger partial charge in [-0.25, -0.2) is 9.80 Å². The van der Waals surface area contributed by atoms with Crippen molar-refractivity contribution in [3.05, 3.63) is 35.9 Å². The molecule has 0 aliphatic carbocycles. The first-order valence-corrected chi connectivity index (χ1v) is 12.5. The molecule has 2 rings (SSSR count).